The minimum absolute atomic E-state index is 1.00. The van der Waals surface area contributed by atoms with E-state index in [0.29, 0.717) is 0 Å². The number of hydrogen-bond donors (Lipinski definition) is 0. The van der Waals surface area contributed by atoms with Crippen molar-refractivity contribution < 1.29 is 0 Å². The van der Waals surface area contributed by atoms with Crippen molar-refractivity contribution >= 4 is 59.0 Å². The Morgan fingerprint density at radius 3 is 2.19 bits per heavy atom. The number of thiophene rings is 1. The van der Waals surface area contributed by atoms with Crippen LogP contribution in [-0.4, -0.2) is 9.38 Å². The first-order valence-corrected chi connectivity index (χ1v) is 13.0. The second-order valence-corrected chi connectivity index (χ2v) is 10.3. The summed E-state index contributed by atoms with van der Waals surface area (Å²) in [6.07, 6.45) is 0. The van der Waals surface area contributed by atoms with Gasteiger partial charge in [0.05, 0.1) is 27.8 Å². The Balaban J connectivity index is 1.33. The first-order chi connectivity index (χ1) is 17.8. The van der Waals surface area contributed by atoms with E-state index in [1.807, 2.05) is 11.3 Å². The molecule has 0 aliphatic carbocycles. The number of fused-ring (bicyclic) bond motifs is 8. The zero-order chi connectivity index (χ0) is 23.6. The van der Waals surface area contributed by atoms with Gasteiger partial charge in [-0.2, -0.15) is 0 Å². The molecule has 0 saturated carbocycles. The van der Waals surface area contributed by atoms with Crippen LogP contribution in [0.5, 0.6) is 0 Å². The molecule has 5 aromatic carbocycles. The van der Waals surface area contributed by atoms with E-state index in [1.165, 1.54) is 42.2 Å². The van der Waals surface area contributed by atoms with Gasteiger partial charge in [-0.3, -0.25) is 0 Å². The van der Waals surface area contributed by atoms with Crippen LogP contribution in [0.4, 0.5) is 0 Å². The molecule has 36 heavy (non-hydrogen) atoms. The summed E-state index contributed by atoms with van der Waals surface area (Å²) in [5, 5.41) is 3.89. The van der Waals surface area contributed by atoms with Gasteiger partial charge in [-0.25, -0.2) is 4.98 Å². The highest BCUT2D eigenvalue weighted by Gasteiger charge is 2.15. The van der Waals surface area contributed by atoms with Crippen LogP contribution in [-0.2, 0) is 0 Å². The Morgan fingerprint density at radius 1 is 0.556 bits per heavy atom. The maximum absolute atomic E-state index is 5.13. The molecule has 8 rings (SSSR count). The lowest BCUT2D eigenvalue weighted by Gasteiger charge is -2.10. The van der Waals surface area contributed by atoms with Crippen molar-refractivity contribution in [2.45, 2.75) is 0 Å². The van der Waals surface area contributed by atoms with Crippen LogP contribution in [0.25, 0.3) is 70.0 Å². The molecule has 2 nitrogen and oxygen atoms in total. The Hall–Kier alpha value is -4.47. The highest BCUT2D eigenvalue weighted by atomic mass is 32.1. The summed E-state index contributed by atoms with van der Waals surface area (Å²) in [5.41, 5.74) is 9.12. The van der Waals surface area contributed by atoms with E-state index in [1.54, 1.807) is 0 Å². The molecule has 0 N–H and O–H groups in total. The minimum Gasteiger partial charge on any atom is -0.306 e. The van der Waals surface area contributed by atoms with Gasteiger partial charge in [0.2, 0.25) is 0 Å². The predicted molar refractivity (Wildman–Crippen MR) is 154 cm³/mol. The van der Waals surface area contributed by atoms with Crippen molar-refractivity contribution in [3.05, 3.63) is 121 Å². The number of nitrogens with zero attached hydrogens (tertiary/aromatic N) is 2. The Labute approximate surface area is 211 Å². The monoisotopic (exact) mass is 476 g/mol. The normalized spacial score (nSPS) is 11.9. The second-order valence-electron chi connectivity index (χ2n) is 9.23. The lowest BCUT2D eigenvalue weighted by molar-refractivity contribution is 1.27. The molecular formula is C33H20N2S. The van der Waals surface area contributed by atoms with E-state index in [2.05, 4.69) is 126 Å². The van der Waals surface area contributed by atoms with Gasteiger partial charge in [-0.15, -0.1) is 11.3 Å². The fraction of sp³-hybridized carbons (Fsp3) is 0. The minimum atomic E-state index is 1.00. The van der Waals surface area contributed by atoms with Gasteiger partial charge in [-0.05, 0) is 41.5 Å². The average Bonchev–Trinajstić information content (AvgIpc) is 3.52. The topological polar surface area (TPSA) is 17.3 Å². The lowest BCUT2D eigenvalue weighted by Crippen LogP contribution is -1.95. The lowest BCUT2D eigenvalue weighted by atomic mass is 10.0. The fourth-order valence-corrected chi connectivity index (χ4v) is 6.75. The van der Waals surface area contributed by atoms with E-state index < -0.39 is 0 Å². The highest BCUT2D eigenvalue weighted by Crippen LogP contribution is 2.40. The standard InChI is InChI=1S/C33H20N2S/c1-4-13-28-23(8-1)20-30-32(34-27-12-3-5-14-29(27)35(28)30)22-18-16-21(17-19-22)24-10-7-11-26-25-9-2-6-15-31(25)36-33(24)26/h1-20H. The van der Waals surface area contributed by atoms with Crippen LogP contribution in [0.2, 0.25) is 0 Å². The third kappa shape index (κ3) is 2.81. The molecule has 0 unspecified atom stereocenters. The van der Waals surface area contributed by atoms with Gasteiger partial charge < -0.3 is 4.40 Å². The quantitative estimate of drug-likeness (QED) is 0.243. The fourth-order valence-electron chi connectivity index (χ4n) is 5.51. The number of benzene rings is 5. The molecule has 0 saturated heterocycles. The van der Waals surface area contributed by atoms with E-state index in [4.69, 9.17) is 4.98 Å². The van der Waals surface area contributed by atoms with Crippen LogP contribution < -0.4 is 0 Å². The van der Waals surface area contributed by atoms with Crippen molar-refractivity contribution in [2.24, 2.45) is 0 Å². The number of aromatic nitrogens is 2. The van der Waals surface area contributed by atoms with Crippen molar-refractivity contribution in [1.82, 2.24) is 9.38 Å². The Morgan fingerprint density at radius 2 is 1.28 bits per heavy atom. The van der Waals surface area contributed by atoms with Gasteiger partial charge in [0.25, 0.3) is 0 Å². The zero-order valence-corrected chi connectivity index (χ0v) is 20.2. The smallest absolute Gasteiger partial charge is 0.0950 e. The van der Waals surface area contributed by atoms with Crippen molar-refractivity contribution in [2.75, 3.05) is 0 Å². The summed E-state index contributed by atoms with van der Waals surface area (Å²) < 4.78 is 5.02. The average molecular weight is 477 g/mol. The molecule has 8 aromatic rings. The molecule has 0 atom stereocenters. The molecule has 3 heteroatoms. The summed E-state index contributed by atoms with van der Waals surface area (Å²) in [5.74, 6) is 0. The van der Waals surface area contributed by atoms with Gasteiger partial charge in [-0.1, -0.05) is 91.0 Å². The van der Waals surface area contributed by atoms with Crippen molar-refractivity contribution in [3.63, 3.8) is 0 Å². The maximum atomic E-state index is 5.13. The van der Waals surface area contributed by atoms with E-state index in [-0.39, 0.29) is 0 Å². The summed E-state index contributed by atoms with van der Waals surface area (Å²) in [6, 6.07) is 43.5. The largest absolute Gasteiger partial charge is 0.306 e. The molecule has 0 fully saturated rings. The number of rotatable bonds is 2. The van der Waals surface area contributed by atoms with Gasteiger partial charge in [0, 0.05) is 31.1 Å². The summed E-state index contributed by atoms with van der Waals surface area (Å²) >= 11 is 1.87. The Kier molecular flexibility index (Phi) is 4.13. The maximum Gasteiger partial charge on any atom is 0.0950 e. The van der Waals surface area contributed by atoms with E-state index >= 15 is 0 Å². The van der Waals surface area contributed by atoms with Gasteiger partial charge >= 0.3 is 0 Å². The first-order valence-electron chi connectivity index (χ1n) is 12.2. The van der Waals surface area contributed by atoms with Gasteiger partial charge in [0.1, 0.15) is 0 Å². The summed E-state index contributed by atoms with van der Waals surface area (Å²) in [7, 11) is 0. The van der Waals surface area contributed by atoms with Crippen molar-refractivity contribution in [1.29, 1.82) is 0 Å². The first kappa shape index (κ1) is 19.8. The predicted octanol–water partition coefficient (Wildman–Crippen LogP) is 9.34. The molecule has 3 heterocycles. The van der Waals surface area contributed by atoms with E-state index in [0.717, 1.165) is 27.8 Å². The van der Waals surface area contributed by atoms with Crippen LogP contribution in [0.3, 0.4) is 0 Å². The molecular weight excluding hydrogens is 456 g/mol. The summed E-state index contributed by atoms with van der Waals surface area (Å²) in [4.78, 5) is 5.13. The van der Waals surface area contributed by atoms with Gasteiger partial charge in [0.15, 0.2) is 0 Å². The molecule has 168 valence electrons. The molecule has 3 aromatic heterocycles. The molecule has 0 spiro atoms. The van der Waals surface area contributed by atoms with Crippen LogP contribution in [0.1, 0.15) is 0 Å². The van der Waals surface area contributed by atoms with Crippen molar-refractivity contribution in [3.8, 4) is 22.4 Å². The third-order valence-corrected chi connectivity index (χ3v) is 8.40. The highest BCUT2D eigenvalue weighted by molar-refractivity contribution is 7.26. The summed E-state index contributed by atoms with van der Waals surface area (Å²) in [6.45, 7) is 0. The molecule has 0 aliphatic heterocycles. The van der Waals surface area contributed by atoms with Crippen LogP contribution in [0.15, 0.2) is 121 Å². The van der Waals surface area contributed by atoms with Crippen LogP contribution >= 0.6 is 11.3 Å². The molecule has 0 aliphatic rings. The Bertz CT molecular complexity index is 2100. The van der Waals surface area contributed by atoms with Crippen LogP contribution in [0, 0.1) is 0 Å². The molecule has 0 amide bonds. The SMILES string of the molecule is c1ccc2c(c1)cc1c(-c3ccc(-c4cccc5c4sc4ccccc45)cc3)nc3ccccc3n12. The zero-order valence-electron chi connectivity index (χ0n) is 19.3. The number of para-hydroxylation sites is 3. The number of hydrogen-bond acceptors (Lipinski definition) is 2. The second kappa shape index (κ2) is 7.51. The molecule has 0 radical (unpaired) electrons. The molecule has 0 bridgehead atoms. The third-order valence-electron chi connectivity index (χ3n) is 7.18. The van der Waals surface area contributed by atoms with E-state index in [9.17, 15) is 0 Å².